The fraction of sp³-hybridized carbons (Fsp3) is 0.357. The molecule has 6 heteroatoms. The van der Waals surface area contributed by atoms with Crippen LogP contribution in [0.25, 0.3) is 11.4 Å². The molecule has 2 aromatic rings. The van der Waals surface area contributed by atoms with Crippen molar-refractivity contribution >= 4 is 17.7 Å². The third kappa shape index (κ3) is 3.19. The minimum atomic E-state index is -0.238. The summed E-state index contributed by atoms with van der Waals surface area (Å²) >= 11 is 1.33. The zero-order chi connectivity index (χ0) is 14.5. The van der Waals surface area contributed by atoms with E-state index in [1.165, 1.54) is 11.8 Å². The van der Waals surface area contributed by atoms with Gasteiger partial charge in [-0.2, -0.15) is 0 Å². The molecule has 106 valence electrons. The highest BCUT2D eigenvalue weighted by atomic mass is 32.2. The number of aryl methyl sites for hydroxylation is 1. The number of ether oxygens (including phenoxy) is 1. The number of hydrogen-bond acceptors (Lipinski definition) is 5. The molecule has 0 saturated heterocycles. The van der Waals surface area contributed by atoms with Gasteiger partial charge in [-0.05, 0) is 19.4 Å². The van der Waals surface area contributed by atoms with Crippen LogP contribution in [0.1, 0.15) is 12.5 Å². The number of hydrogen-bond donors (Lipinski definition) is 0. The standard InChI is InChI=1S/C14H17N3O2S/c1-4-19-12(18)9-20-14-16-15-13(17(14)3)11-8-6-5-7-10(11)2/h5-8H,4,9H2,1-3H3. The van der Waals surface area contributed by atoms with E-state index >= 15 is 0 Å². The molecule has 20 heavy (non-hydrogen) atoms. The monoisotopic (exact) mass is 291 g/mol. The summed E-state index contributed by atoms with van der Waals surface area (Å²) in [7, 11) is 1.90. The second-order valence-electron chi connectivity index (χ2n) is 4.27. The SMILES string of the molecule is CCOC(=O)CSc1nnc(-c2ccccc2C)n1C. The fourth-order valence-electron chi connectivity index (χ4n) is 1.83. The first-order valence-electron chi connectivity index (χ1n) is 6.37. The lowest BCUT2D eigenvalue weighted by molar-refractivity contribution is -0.139. The maximum atomic E-state index is 11.4. The van der Waals surface area contributed by atoms with Gasteiger partial charge < -0.3 is 9.30 Å². The van der Waals surface area contributed by atoms with Crippen molar-refractivity contribution in [1.82, 2.24) is 14.8 Å². The van der Waals surface area contributed by atoms with Crippen LogP contribution in [0.4, 0.5) is 0 Å². The largest absolute Gasteiger partial charge is 0.465 e. The number of nitrogens with zero attached hydrogens (tertiary/aromatic N) is 3. The van der Waals surface area contributed by atoms with E-state index < -0.39 is 0 Å². The van der Waals surface area contributed by atoms with Gasteiger partial charge in [0, 0.05) is 12.6 Å². The van der Waals surface area contributed by atoms with Crippen LogP contribution in [0.5, 0.6) is 0 Å². The lowest BCUT2D eigenvalue weighted by Crippen LogP contribution is -2.07. The molecule has 5 nitrogen and oxygen atoms in total. The fourth-order valence-corrected chi connectivity index (χ4v) is 2.53. The van der Waals surface area contributed by atoms with Gasteiger partial charge in [0.15, 0.2) is 11.0 Å². The second-order valence-corrected chi connectivity index (χ2v) is 5.22. The first-order chi connectivity index (χ1) is 9.63. The van der Waals surface area contributed by atoms with E-state index in [0.717, 1.165) is 17.0 Å². The summed E-state index contributed by atoms with van der Waals surface area (Å²) in [4.78, 5) is 11.4. The molecule has 2 rings (SSSR count). The summed E-state index contributed by atoms with van der Waals surface area (Å²) in [5.41, 5.74) is 2.19. The van der Waals surface area contributed by atoms with Crippen molar-refractivity contribution in [2.24, 2.45) is 7.05 Å². The van der Waals surface area contributed by atoms with Gasteiger partial charge in [-0.3, -0.25) is 4.79 Å². The Hall–Kier alpha value is -1.82. The van der Waals surface area contributed by atoms with Crippen LogP contribution in [0.3, 0.4) is 0 Å². The third-order valence-corrected chi connectivity index (χ3v) is 3.84. The van der Waals surface area contributed by atoms with Crippen LogP contribution in [0.2, 0.25) is 0 Å². The normalized spacial score (nSPS) is 10.6. The molecular weight excluding hydrogens is 274 g/mol. The smallest absolute Gasteiger partial charge is 0.316 e. The Morgan fingerprint density at radius 1 is 1.35 bits per heavy atom. The molecule has 0 fully saturated rings. The van der Waals surface area contributed by atoms with Gasteiger partial charge in [0.1, 0.15) is 0 Å². The van der Waals surface area contributed by atoms with Crippen LogP contribution in [-0.2, 0) is 16.6 Å². The predicted octanol–water partition coefficient (Wildman–Crippen LogP) is 2.45. The molecular formula is C14H17N3O2S. The zero-order valence-electron chi connectivity index (χ0n) is 11.8. The van der Waals surface area contributed by atoms with Crippen LogP contribution >= 0.6 is 11.8 Å². The van der Waals surface area contributed by atoms with Crippen molar-refractivity contribution < 1.29 is 9.53 Å². The van der Waals surface area contributed by atoms with Gasteiger partial charge in [-0.15, -0.1) is 10.2 Å². The summed E-state index contributed by atoms with van der Waals surface area (Å²) in [5, 5.41) is 9.05. The van der Waals surface area contributed by atoms with Crippen molar-refractivity contribution in [1.29, 1.82) is 0 Å². The minimum absolute atomic E-state index is 0.238. The van der Waals surface area contributed by atoms with Gasteiger partial charge in [-0.1, -0.05) is 36.0 Å². The molecule has 0 unspecified atom stereocenters. The molecule has 0 saturated carbocycles. The van der Waals surface area contributed by atoms with E-state index in [0.29, 0.717) is 11.8 Å². The summed E-state index contributed by atoms with van der Waals surface area (Å²) in [6.45, 7) is 4.23. The number of carbonyl (C=O) groups is 1. The second kappa shape index (κ2) is 6.56. The zero-order valence-corrected chi connectivity index (χ0v) is 12.6. The Balaban J connectivity index is 2.15. The van der Waals surface area contributed by atoms with Crippen LogP contribution in [0, 0.1) is 6.92 Å². The first-order valence-corrected chi connectivity index (χ1v) is 7.35. The maximum Gasteiger partial charge on any atom is 0.316 e. The maximum absolute atomic E-state index is 11.4. The number of carbonyl (C=O) groups excluding carboxylic acids is 1. The van der Waals surface area contributed by atoms with E-state index in [2.05, 4.69) is 10.2 Å². The van der Waals surface area contributed by atoms with Crippen molar-refractivity contribution in [3.8, 4) is 11.4 Å². The number of rotatable bonds is 5. The molecule has 0 bridgehead atoms. The molecule has 0 amide bonds. The summed E-state index contributed by atoms with van der Waals surface area (Å²) in [5.74, 6) is 0.806. The Bertz CT molecular complexity index is 610. The van der Waals surface area contributed by atoms with Gasteiger partial charge in [-0.25, -0.2) is 0 Å². The molecule has 0 N–H and O–H groups in total. The van der Waals surface area contributed by atoms with Gasteiger partial charge in [0.05, 0.1) is 12.4 Å². The lowest BCUT2D eigenvalue weighted by Gasteiger charge is -2.06. The minimum Gasteiger partial charge on any atom is -0.465 e. The average molecular weight is 291 g/mol. The quantitative estimate of drug-likeness (QED) is 0.625. The van der Waals surface area contributed by atoms with Crippen molar-refractivity contribution in [2.45, 2.75) is 19.0 Å². The van der Waals surface area contributed by atoms with Crippen molar-refractivity contribution in [3.63, 3.8) is 0 Å². The van der Waals surface area contributed by atoms with Crippen LogP contribution in [0.15, 0.2) is 29.4 Å². The summed E-state index contributed by atoms with van der Waals surface area (Å²) in [6, 6.07) is 8.02. The molecule has 1 aromatic carbocycles. The van der Waals surface area contributed by atoms with E-state index in [1.807, 2.05) is 42.8 Å². The van der Waals surface area contributed by atoms with E-state index in [-0.39, 0.29) is 11.7 Å². The Morgan fingerprint density at radius 3 is 2.80 bits per heavy atom. The number of thioether (sulfide) groups is 1. The van der Waals surface area contributed by atoms with Crippen molar-refractivity contribution in [3.05, 3.63) is 29.8 Å². The van der Waals surface area contributed by atoms with E-state index in [9.17, 15) is 4.79 Å². The van der Waals surface area contributed by atoms with Crippen LogP contribution < -0.4 is 0 Å². The number of benzene rings is 1. The molecule has 0 radical (unpaired) electrons. The van der Waals surface area contributed by atoms with Gasteiger partial charge in [0.2, 0.25) is 0 Å². The topological polar surface area (TPSA) is 57.0 Å². The summed E-state index contributed by atoms with van der Waals surface area (Å²) in [6.07, 6.45) is 0. The molecule has 1 aromatic heterocycles. The molecule has 0 aliphatic heterocycles. The molecule has 0 aliphatic rings. The molecule has 1 heterocycles. The lowest BCUT2D eigenvalue weighted by atomic mass is 10.1. The molecule has 0 spiro atoms. The third-order valence-electron chi connectivity index (χ3n) is 2.85. The van der Waals surface area contributed by atoms with Gasteiger partial charge in [0.25, 0.3) is 0 Å². The average Bonchev–Trinajstić information content (AvgIpc) is 2.79. The predicted molar refractivity (Wildman–Crippen MR) is 78.5 cm³/mol. The molecule has 0 aliphatic carbocycles. The highest BCUT2D eigenvalue weighted by molar-refractivity contribution is 7.99. The molecule has 0 atom stereocenters. The van der Waals surface area contributed by atoms with Crippen molar-refractivity contribution in [2.75, 3.05) is 12.4 Å². The van der Waals surface area contributed by atoms with E-state index in [4.69, 9.17) is 4.74 Å². The Kier molecular flexibility index (Phi) is 4.79. The Morgan fingerprint density at radius 2 is 2.10 bits per heavy atom. The Labute approximate surface area is 122 Å². The highest BCUT2D eigenvalue weighted by Crippen LogP contribution is 2.24. The van der Waals surface area contributed by atoms with E-state index in [1.54, 1.807) is 6.92 Å². The number of esters is 1. The summed E-state index contributed by atoms with van der Waals surface area (Å²) < 4.78 is 6.79. The first kappa shape index (κ1) is 14.6. The highest BCUT2D eigenvalue weighted by Gasteiger charge is 2.14. The van der Waals surface area contributed by atoms with Crippen LogP contribution in [-0.4, -0.2) is 33.1 Å². The number of aromatic nitrogens is 3. The van der Waals surface area contributed by atoms with Gasteiger partial charge >= 0.3 is 5.97 Å².